The Morgan fingerprint density at radius 2 is 2.00 bits per heavy atom. The van der Waals surface area contributed by atoms with E-state index >= 15 is 0 Å². The van der Waals surface area contributed by atoms with Gasteiger partial charge in [0.15, 0.2) is 0 Å². The molecule has 3 rings (SSSR count). The fraction of sp³-hybridized carbons (Fsp3) is 0.438. The second kappa shape index (κ2) is 5.99. The maximum Gasteiger partial charge on any atom is 0.207 e. The summed E-state index contributed by atoms with van der Waals surface area (Å²) in [5.41, 5.74) is 1.02. The number of imidazole rings is 1. The van der Waals surface area contributed by atoms with Gasteiger partial charge in [0.2, 0.25) is 5.95 Å². The molecule has 0 bridgehead atoms. The van der Waals surface area contributed by atoms with Gasteiger partial charge in [0.25, 0.3) is 0 Å². The monoisotopic (exact) mass is 271 g/mol. The van der Waals surface area contributed by atoms with Gasteiger partial charge in [0.1, 0.15) is 5.75 Å². The minimum Gasteiger partial charge on any atom is -0.495 e. The number of ether oxygens (including phenoxy) is 1. The zero-order valence-corrected chi connectivity index (χ0v) is 11.9. The lowest BCUT2D eigenvalue weighted by molar-refractivity contribution is 0.412. The van der Waals surface area contributed by atoms with E-state index in [9.17, 15) is 0 Å². The number of nitrogens with zero attached hydrogens (tertiary/aromatic N) is 2. The normalized spacial score (nSPS) is 16.1. The van der Waals surface area contributed by atoms with Gasteiger partial charge in [-0.05, 0) is 25.0 Å². The molecule has 106 valence electrons. The minimum atomic E-state index is 0.541. The molecule has 0 amide bonds. The molecule has 1 aliphatic carbocycles. The highest BCUT2D eigenvalue weighted by Crippen LogP contribution is 2.27. The third kappa shape index (κ3) is 2.64. The Hall–Kier alpha value is -1.97. The van der Waals surface area contributed by atoms with Crippen LogP contribution in [0.5, 0.6) is 5.75 Å². The SMILES string of the molecule is COc1ccccc1-n1ccnc1NC1CCCCC1. The third-order valence-electron chi connectivity index (χ3n) is 3.92. The quantitative estimate of drug-likeness (QED) is 0.923. The molecule has 1 N–H and O–H groups in total. The Labute approximate surface area is 119 Å². The van der Waals surface area contributed by atoms with Crippen molar-refractivity contribution in [1.82, 2.24) is 9.55 Å². The van der Waals surface area contributed by atoms with Gasteiger partial charge < -0.3 is 10.1 Å². The lowest BCUT2D eigenvalue weighted by Gasteiger charge is -2.24. The number of rotatable bonds is 4. The van der Waals surface area contributed by atoms with Crippen molar-refractivity contribution in [3.05, 3.63) is 36.7 Å². The number of aromatic nitrogens is 2. The van der Waals surface area contributed by atoms with Crippen molar-refractivity contribution in [3.63, 3.8) is 0 Å². The number of hydrogen-bond acceptors (Lipinski definition) is 3. The molecule has 1 saturated carbocycles. The summed E-state index contributed by atoms with van der Waals surface area (Å²) < 4.78 is 7.50. The molecule has 0 saturated heterocycles. The van der Waals surface area contributed by atoms with Crippen molar-refractivity contribution in [2.24, 2.45) is 0 Å². The van der Waals surface area contributed by atoms with Gasteiger partial charge in [-0.15, -0.1) is 0 Å². The van der Waals surface area contributed by atoms with Crippen LogP contribution in [-0.2, 0) is 0 Å². The molecule has 1 aliphatic rings. The predicted octanol–water partition coefficient (Wildman–Crippen LogP) is 3.63. The van der Waals surface area contributed by atoms with Crippen LogP contribution in [0.15, 0.2) is 36.7 Å². The molecule has 1 aromatic carbocycles. The van der Waals surface area contributed by atoms with Crippen LogP contribution >= 0.6 is 0 Å². The number of anilines is 1. The first-order chi connectivity index (χ1) is 9.88. The van der Waals surface area contributed by atoms with Crippen LogP contribution in [0.4, 0.5) is 5.95 Å². The molecule has 0 unspecified atom stereocenters. The van der Waals surface area contributed by atoms with E-state index in [1.54, 1.807) is 7.11 Å². The molecule has 1 aromatic heterocycles. The van der Waals surface area contributed by atoms with Crippen LogP contribution in [0.25, 0.3) is 5.69 Å². The topological polar surface area (TPSA) is 39.1 Å². The molecule has 1 fully saturated rings. The molecular formula is C16H21N3O. The van der Waals surface area contributed by atoms with Crippen LogP contribution in [0, 0.1) is 0 Å². The molecule has 0 radical (unpaired) electrons. The summed E-state index contributed by atoms with van der Waals surface area (Å²) >= 11 is 0. The number of benzene rings is 1. The third-order valence-corrected chi connectivity index (χ3v) is 3.92. The average molecular weight is 271 g/mol. The van der Waals surface area contributed by atoms with Gasteiger partial charge in [-0.25, -0.2) is 4.98 Å². The number of hydrogen-bond donors (Lipinski definition) is 1. The highest BCUT2D eigenvalue weighted by Gasteiger charge is 2.16. The molecule has 20 heavy (non-hydrogen) atoms. The standard InChI is InChI=1S/C16H21N3O/c1-20-15-10-6-5-9-14(15)19-12-11-17-16(19)18-13-7-3-2-4-8-13/h5-6,9-13H,2-4,7-8H2,1H3,(H,17,18). The Bertz CT molecular complexity index is 558. The van der Waals surface area contributed by atoms with Gasteiger partial charge in [0.05, 0.1) is 12.8 Å². The zero-order chi connectivity index (χ0) is 13.8. The molecule has 4 nitrogen and oxygen atoms in total. The fourth-order valence-electron chi connectivity index (χ4n) is 2.86. The Balaban J connectivity index is 1.85. The number of methoxy groups -OCH3 is 1. The van der Waals surface area contributed by atoms with Crippen LogP contribution in [0.1, 0.15) is 32.1 Å². The molecule has 2 aromatic rings. The highest BCUT2D eigenvalue weighted by atomic mass is 16.5. The lowest BCUT2D eigenvalue weighted by Crippen LogP contribution is -2.24. The molecular weight excluding hydrogens is 250 g/mol. The van der Waals surface area contributed by atoms with Gasteiger partial charge in [0, 0.05) is 18.4 Å². The molecule has 1 heterocycles. The van der Waals surface area contributed by atoms with E-state index in [1.807, 2.05) is 36.7 Å². The second-order valence-corrected chi connectivity index (χ2v) is 5.27. The predicted molar refractivity (Wildman–Crippen MR) is 80.6 cm³/mol. The smallest absolute Gasteiger partial charge is 0.207 e. The van der Waals surface area contributed by atoms with E-state index in [0.717, 1.165) is 17.4 Å². The number of nitrogens with one attached hydrogen (secondary N) is 1. The van der Waals surface area contributed by atoms with E-state index < -0.39 is 0 Å². The zero-order valence-electron chi connectivity index (χ0n) is 11.9. The lowest BCUT2D eigenvalue weighted by atomic mass is 9.96. The van der Waals surface area contributed by atoms with Gasteiger partial charge in [-0.1, -0.05) is 31.4 Å². The van der Waals surface area contributed by atoms with Crippen molar-refractivity contribution in [1.29, 1.82) is 0 Å². The first kappa shape index (κ1) is 13.0. The van der Waals surface area contributed by atoms with E-state index in [0.29, 0.717) is 6.04 Å². The van der Waals surface area contributed by atoms with Crippen LogP contribution in [0.2, 0.25) is 0 Å². The van der Waals surface area contributed by atoms with E-state index in [1.165, 1.54) is 32.1 Å². The highest BCUT2D eigenvalue weighted by molar-refractivity contribution is 5.51. The Kier molecular flexibility index (Phi) is 3.90. The van der Waals surface area contributed by atoms with Crippen molar-refractivity contribution in [3.8, 4) is 11.4 Å². The van der Waals surface area contributed by atoms with Gasteiger partial charge >= 0.3 is 0 Å². The molecule has 4 heteroatoms. The maximum atomic E-state index is 5.44. The fourth-order valence-corrected chi connectivity index (χ4v) is 2.86. The Morgan fingerprint density at radius 3 is 2.80 bits per heavy atom. The van der Waals surface area contributed by atoms with E-state index in [-0.39, 0.29) is 0 Å². The maximum absolute atomic E-state index is 5.44. The van der Waals surface area contributed by atoms with E-state index in [4.69, 9.17) is 4.74 Å². The van der Waals surface area contributed by atoms with Gasteiger partial charge in [-0.3, -0.25) is 4.57 Å². The summed E-state index contributed by atoms with van der Waals surface area (Å²) in [5.74, 6) is 1.76. The summed E-state index contributed by atoms with van der Waals surface area (Å²) in [6.45, 7) is 0. The minimum absolute atomic E-state index is 0.541. The summed E-state index contributed by atoms with van der Waals surface area (Å²) in [5, 5.41) is 3.58. The number of para-hydroxylation sites is 2. The van der Waals surface area contributed by atoms with Crippen molar-refractivity contribution < 1.29 is 4.74 Å². The van der Waals surface area contributed by atoms with Crippen LogP contribution in [0.3, 0.4) is 0 Å². The Morgan fingerprint density at radius 1 is 1.20 bits per heavy atom. The van der Waals surface area contributed by atoms with Gasteiger partial charge in [-0.2, -0.15) is 0 Å². The van der Waals surface area contributed by atoms with Crippen molar-refractivity contribution in [2.75, 3.05) is 12.4 Å². The largest absolute Gasteiger partial charge is 0.495 e. The van der Waals surface area contributed by atoms with Crippen molar-refractivity contribution >= 4 is 5.95 Å². The van der Waals surface area contributed by atoms with Crippen LogP contribution in [-0.4, -0.2) is 22.7 Å². The summed E-state index contributed by atoms with van der Waals surface area (Å²) in [6.07, 6.45) is 10.3. The first-order valence-electron chi connectivity index (χ1n) is 7.32. The second-order valence-electron chi connectivity index (χ2n) is 5.27. The summed E-state index contributed by atoms with van der Waals surface area (Å²) in [4.78, 5) is 4.46. The summed E-state index contributed by atoms with van der Waals surface area (Å²) in [6, 6.07) is 8.56. The average Bonchev–Trinajstić information content (AvgIpc) is 2.96. The van der Waals surface area contributed by atoms with Crippen LogP contribution < -0.4 is 10.1 Å². The van der Waals surface area contributed by atoms with E-state index in [2.05, 4.69) is 14.9 Å². The molecule has 0 aliphatic heterocycles. The molecule has 0 atom stereocenters. The summed E-state index contributed by atoms with van der Waals surface area (Å²) in [7, 11) is 1.70. The first-order valence-corrected chi connectivity index (χ1v) is 7.32. The van der Waals surface area contributed by atoms with Crippen molar-refractivity contribution in [2.45, 2.75) is 38.1 Å². The molecule has 0 spiro atoms.